The monoisotopic (exact) mass is 686 g/mol. The number of likely N-dealkylation sites (tertiary alicyclic amines) is 1. The molecule has 0 aromatic heterocycles. The van der Waals surface area contributed by atoms with E-state index in [9.17, 15) is 9.59 Å². The fourth-order valence-corrected chi connectivity index (χ4v) is 6.39. The molecule has 12 heteroatoms. The molecule has 1 saturated heterocycles. The van der Waals surface area contributed by atoms with E-state index in [1.807, 2.05) is 34.7 Å². The molecule has 2 aromatic carbocycles. The van der Waals surface area contributed by atoms with E-state index < -0.39 is 5.66 Å². The van der Waals surface area contributed by atoms with Gasteiger partial charge in [0.15, 0.2) is 0 Å². The molecule has 2 aliphatic heterocycles. The van der Waals surface area contributed by atoms with Crippen LogP contribution in [0, 0.1) is 10.8 Å². The van der Waals surface area contributed by atoms with Crippen LogP contribution in [0.25, 0.3) is 0 Å². The van der Waals surface area contributed by atoms with Gasteiger partial charge in [-0.3, -0.25) is 14.5 Å². The summed E-state index contributed by atoms with van der Waals surface area (Å²) in [6.45, 7) is 17.6. The van der Waals surface area contributed by atoms with Crippen LogP contribution in [0.15, 0.2) is 52.6 Å². The first-order valence-corrected chi connectivity index (χ1v) is 16.8. The fourth-order valence-electron chi connectivity index (χ4n) is 5.87. The number of rotatable bonds is 9. The number of benzene rings is 2. The molecule has 2 aromatic rings. The lowest BCUT2D eigenvalue weighted by Crippen LogP contribution is -2.50. The summed E-state index contributed by atoms with van der Waals surface area (Å²) in [4.78, 5) is 36.5. The Morgan fingerprint density at radius 3 is 2.13 bits per heavy atom. The van der Waals surface area contributed by atoms with E-state index in [4.69, 9.17) is 39.8 Å². The number of hydrogen-bond acceptors (Lipinski definition) is 7. The molecule has 2 unspecified atom stereocenters. The third-order valence-electron chi connectivity index (χ3n) is 8.31. The molecule has 258 valence electrons. The van der Waals surface area contributed by atoms with Crippen molar-refractivity contribution in [1.29, 1.82) is 0 Å². The molecular weight excluding hydrogens is 635 g/mol. The Hall–Kier alpha value is -3.18. The average molecular weight is 688 g/mol. The minimum atomic E-state index is -0.693. The lowest BCUT2D eigenvalue weighted by atomic mass is 9.85. The number of carbonyl (C=O) groups excluding carboxylic acids is 2. The highest BCUT2D eigenvalue weighted by atomic mass is 35.5. The number of nitrogens with two attached hydrogens (primary N) is 2. The number of amides is 2. The predicted octanol–water partition coefficient (Wildman–Crippen LogP) is 6.13. The first-order chi connectivity index (χ1) is 21.9. The van der Waals surface area contributed by atoms with Gasteiger partial charge in [-0.1, -0.05) is 76.9 Å². The Balaban J connectivity index is 0.000000913. The van der Waals surface area contributed by atoms with Gasteiger partial charge in [-0.2, -0.15) is 5.10 Å². The number of halogens is 2. The quantitative estimate of drug-likeness (QED) is 0.108. The molecule has 47 heavy (non-hydrogen) atoms. The lowest BCUT2D eigenvalue weighted by molar-refractivity contribution is -0.131. The number of carbonyl (C=O) groups is 2. The highest BCUT2D eigenvalue weighted by Crippen LogP contribution is 2.44. The molecule has 6 N–H and O–H groups in total. The number of hydrazine groups is 1. The number of hydrogen-bond donors (Lipinski definition) is 4. The second-order valence-electron chi connectivity index (χ2n) is 14.8. The van der Waals surface area contributed by atoms with Gasteiger partial charge in [0, 0.05) is 47.7 Å². The molecule has 0 saturated carbocycles. The average Bonchev–Trinajstić information content (AvgIpc) is 3.51. The summed E-state index contributed by atoms with van der Waals surface area (Å²) in [7, 11) is 1.63. The molecule has 0 radical (unpaired) electrons. The number of amidine groups is 1. The zero-order valence-corrected chi connectivity index (χ0v) is 30.6. The van der Waals surface area contributed by atoms with E-state index >= 15 is 0 Å². The second-order valence-corrected chi connectivity index (χ2v) is 15.7. The molecule has 1 fully saturated rings. The predicted molar refractivity (Wildman–Crippen MR) is 194 cm³/mol. The minimum absolute atomic E-state index is 0.0782. The van der Waals surface area contributed by atoms with Crippen molar-refractivity contribution < 1.29 is 9.59 Å². The summed E-state index contributed by atoms with van der Waals surface area (Å²) in [6.07, 6.45) is 3.51. The van der Waals surface area contributed by atoms with Crippen LogP contribution in [-0.2, 0) is 4.79 Å². The molecule has 0 aliphatic carbocycles. The first-order valence-electron chi connectivity index (χ1n) is 16.1. The van der Waals surface area contributed by atoms with Crippen molar-refractivity contribution in [2.45, 2.75) is 85.9 Å². The molecule has 2 heterocycles. The largest absolute Gasteiger partial charge is 0.386 e. The summed E-state index contributed by atoms with van der Waals surface area (Å²) in [5, 5.41) is 6.99. The van der Waals surface area contributed by atoms with Crippen LogP contribution in [0.5, 0.6) is 0 Å². The molecule has 4 rings (SSSR count). The van der Waals surface area contributed by atoms with Crippen molar-refractivity contribution in [3.63, 3.8) is 0 Å². The van der Waals surface area contributed by atoms with Crippen LogP contribution in [-0.4, -0.2) is 65.5 Å². The Morgan fingerprint density at radius 1 is 1.04 bits per heavy atom. The lowest BCUT2D eigenvalue weighted by Gasteiger charge is -2.40. The first kappa shape index (κ1) is 38.3. The van der Waals surface area contributed by atoms with Crippen LogP contribution < -0.4 is 22.4 Å². The van der Waals surface area contributed by atoms with Crippen molar-refractivity contribution in [3.05, 3.63) is 69.2 Å². The Morgan fingerprint density at radius 2 is 1.64 bits per heavy atom. The minimum Gasteiger partial charge on any atom is -0.386 e. The topological polar surface area (TPSA) is 141 Å². The van der Waals surface area contributed by atoms with Gasteiger partial charge in [-0.15, -0.1) is 0 Å². The fraction of sp³-hybridized carbons (Fsp3) is 0.543. The van der Waals surface area contributed by atoms with E-state index in [1.54, 1.807) is 32.2 Å². The Kier molecular flexibility index (Phi) is 12.9. The van der Waals surface area contributed by atoms with Gasteiger partial charge in [0.2, 0.25) is 0 Å². The zero-order valence-electron chi connectivity index (χ0n) is 29.1. The smallest absolute Gasteiger partial charge is 0.275 e. The highest BCUT2D eigenvalue weighted by molar-refractivity contribution is 6.48. The molecule has 1 spiro atoms. The number of aliphatic imine (C=N–C) groups is 1. The van der Waals surface area contributed by atoms with Gasteiger partial charge >= 0.3 is 0 Å². The van der Waals surface area contributed by atoms with Gasteiger partial charge in [0.1, 0.15) is 17.2 Å². The Bertz CT molecular complexity index is 1440. The molecule has 10 nitrogen and oxygen atoms in total. The van der Waals surface area contributed by atoms with Gasteiger partial charge in [-0.05, 0) is 79.5 Å². The standard InChI is InChI=1S/C33H44Cl2N4O2.C2H8N4/c1-31(2,3)13-12-27(22-8-10-23(11-9-22)29(40)36-7)39-30(41)28(24-18-25(34)20-26(35)19-24)37-33(39)15-17-38(21-33)16-14-32(4,5)6;1-2(3)5-6-4/h8-11,18-20,27H,12-17,21H2,1-7H3,(H,36,40);6H,4H2,1H3,(H2,3,5). The maximum atomic E-state index is 14.5. The van der Waals surface area contributed by atoms with Gasteiger partial charge in [0.05, 0.1) is 6.04 Å². The van der Waals surface area contributed by atoms with E-state index in [-0.39, 0.29) is 28.7 Å². The van der Waals surface area contributed by atoms with Crippen molar-refractivity contribution in [2.75, 3.05) is 26.7 Å². The zero-order chi connectivity index (χ0) is 35.2. The molecule has 2 amide bonds. The maximum absolute atomic E-state index is 14.5. The third-order valence-corrected chi connectivity index (χ3v) is 8.75. The normalized spacial score (nSPS) is 19.4. The SMILES string of the molecule is C/C(N)=N/NN.CNC(=O)c1ccc(C(CCC(C)(C)C)N2C(=O)C(c3cc(Cl)cc(Cl)c3)=NC23CCN(CCC(C)(C)C)C3)cc1. The van der Waals surface area contributed by atoms with Crippen molar-refractivity contribution in [1.82, 2.24) is 20.7 Å². The summed E-state index contributed by atoms with van der Waals surface area (Å²) in [5.41, 5.74) is 9.29. The van der Waals surface area contributed by atoms with E-state index in [1.165, 1.54) is 0 Å². The van der Waals surface area contributed by atoms with Crippen LogP contribution in [0.2, 0.25) is 10.0 Å². The van der Waals surface area contributed by atoms with E-state index in [0.29, 0.717) is 39.3 Å². The molecule has 2 aliphatic rings. The van der Waals surface area contributed by atoms with Crippen LogP contribution in [0.1, 0.15) is 102 Å². The summed E-state index contributed by atoms with van der Waals surface area (Å²) < 4.78 is 0. The number of nitrogens with one attached hydrogen (secondary N) is 2. The van der Waals surface area contributed by atoms with Crippen LogP contribution >= 0.6 is 23.2 Å². The third kappa shape index (κ3) is 10.7. The Labute approximate surface area is 290 Å². The number of hydrazone groups is 1. The summed E-state index contributed by atoms with van der Waals surface area (Å²) >= 11 is 12.8. The molecule has 2 atom stereocenters. The maximum Gasteiger partial charge on any atom is 0.275 e. The number of nitrogens with zero attached hydrogens (tertiary/aromatic N) is 4. The van der Waals surface area contributed by atoms with Crippen LogP contribution in [0.3, 0.4) is 0 Å². The van der Waals surface area contributed by atoms with Crippen molar-refractivity contribution in [2.24, 2.45) is 32.5 Å². The van der Waals surface area contributed by atoms with Gasteiger partial charge < -0.3 is 16.0 Å². The van der Waals surface area contributed by atoms with Crippen molar-refractivity contribution >= 4 is 46.6 Å². The van der Waals surface area contributed by atoms with E-state index in [2.05, 4.69) is 56.9 Å². The van der Waals surface area contributed by atoms with Crippen LogP contribution in [0.4, 0.5) is 0 Å². The van der Waals surface area contributed by atoms with Gasteiger partial charge in [-0.25, -0.2) is 16.4 Å². The second kappa shape index (κ2) is 15.8. The van der Waals surface area contributed by atoms with E-state index in [0.717, 1.165) is 44.3 Å². The van der Waals surface area contributed by atoms with Gasteiger partial charge in [0.25, 0.3) is 11.8 Å². The summed E-state index contributed by atoms with van der Waals surface area (Å²) in [5.74, 6) is 4.90. The molecule has 0 bridgehead atoms. The van der Waals surface area contributed by atoms with Crippen molar-refractivity contribution in [3.8, 4) is 0 Å². The highest BCUT2D eigenvalue weighted by Gasteiger charge is 2.54. The molecular formula is C35H52Cl2N8O2. The summed E-state index contributed by atoms with van der Waals surface area (Å²) in [6, 6.07) is 12.7.